The number of hydrogen-bond donors (Lipinski definition) is 7. The van der Waals surface area contributed by atoms with Gasteiger partial charge in [0.1, 0.15) is 24.7 Å². The number of hydrogen-bond acceptors (Lipinski definition) is 10. The molecule has 0 saturated heterocycles. The Balaban J connectivity index is 1.21. The number of pyridine rings is 1. The summed E-state index contributed by atoms with van der Waals surface area (Å²) < 4.78 is 2.12. The van der Waals surface area contributed by atoms with Crippen LogP contribution >= 0.6 is 11.8 Å². The minimum Gasteiger partial charge on any atom is -0.548 e. The molecule has 0 saturated carbocycles. The Morgan fingerprint density at radius 3 is 1.87 bits per heavy atom. The Bertz CT molecular complexity index is 2290. The highest BCUT2D eigenvalue weighted by Gasteiger charge is 2.31. The number of nitrogens with zero attached hydrogens (tertiary/aromatic N) is 3. The van der Waals surface area contributed by atoms with E-state index in [1.165, 1.54) is 10.6 Å². The van der Waals surface area contributed by atoms with Crippen LogP contribution in [0.2, 0.25) is 0 Å². The summed E-state index contributed by atoms with van der Waals surface area (Å²) in [5.41, 5.74) is 20.5. The lowest BCUT2D eigenvalue weighted by molar-refractivity contribution is -0.697. The third-order valence-electron chi connectivity index (χ3n) is 11.3. The molecule has 5 rings (SSSR count). The van der Waals surface area contributed by atoms with Gasteiger partial charge in [0.05, 0.1) is 22.7 Å². The molecule has 4 aromatic rings. The van der Waals surface area contributed by atoms with Crippen LogP contribution in [0.1, 0.15) is 74.5 Å². The average Bonchev–Trinajstić information content (AvgIpc) is 3.63. The molecule has 1 aliphatic heterocycles. The number of aliphatic imine (C=N–C) groups is 1. The zero-order valence-electron chi connectivity index (χ0n) is 38.1. The number of fused-ring (bicyclic) bond motifs is 1. The molecule has 4 atom stereocenters. The van der Waals surface area contributed by atoms with Gasteiger partial charge in [-0.15, -0.1) is 0 Å². The van der Waals surface area contributed by atoms with Crippen molar-refractivity contribution < 1.29 is 33.6 Å². The number of guanidine groups is 1. The van der Waals surface area contributed by atoms with Crippen LogP contribution in [0.15, 0.2) is 124 Å². The number of carboxylic acid groups (broad SMARTS) is 1. The maximum Gasteiger partial charge on any atom is 0.243 e. The van der Waals surface area contributed by atoms with E-state index in [4.69, 9.17) is 17.2 Å². The van der Waals surface area contributed by atoms with Crippen molar-refractivity contribution >= 4 is 59.1 Å². The van der Waals surface area contributed by atoms with Gasteiger partial charge in [-0.05, 0) is 86.4 Å². The Morgan fingerprint density at radius 1 is 0.687 bits per heavy atom. The molecule has 356 valence electrons. The predicted molar refractivity (Wildman–Crippen MR) is 260 cm³/mol. The number of carbonyl (C=O) groups is 5. The number of thioether (sulfide) groups is 1. The number of nitrogens with two attached hydrogens (primary N) is 3. The number of aryl methyl sites for hydroxylation is 1. The Labute approximate surface area is 397 Å². The van der Waals surface area contributed by atoms with Crippen molar-refractivity contribution in [1.29, 1.82) is 0 Å². The van der Waals surface area contributed by atoms with Crippen molar-refractivity contribution in [1.82, 2.24) is 21.3 Å². The van der Waals surface area contributed by atoms with Crippen molar-refractivity contribution in [3.63, 3.8) is 0 Å². The van der Waals surface area contributed by atoms with Crippen LogP contribution in [0.5, 0.6) is 0 Å². The van der Waals surface area contributed by atoms with Crippen LogP contribution in [-0.4, -0.2) is 79.9 Å². The number of amides is 4. The van der Waals surface area contributed by atoms with Gasteiger partial charge in [-0.25, -0.2) is 4.57 Å². The summed E-state index contributed by atoms with van der Waals surface area (Å²) in [6.07, 6.45) is 10.4. The number of rotatable bonds is 27. The van der Waals surface area contributed by atoms with E-state index in [2.05, 4.69) is 91.6 Å². The first-order chi connectivity index (χ1) is 32.4. The summed E-state index contributed by atoms with van der Waals surface area (Å²) in [6.45, 7) is 1.30. The second kappa shape index (κ2) is 27.0. The molecule has 16 nitrogen and oxygen atoms in total. The van der Waals surface area contributed by atoms with E-state index in [9.17, 15) is 29.1 Å². The van der Waals surface area contributed by atoms with Gasteiger partial charge >= 0.3 is 0 Å². The van der Waals surface area contributed by atoms with Gasteiger partial charge in [-0.1, -0.05) is 84.6 Å². The van der Waals surface area contributed by atoms with E-state index < -0.39 is 47.9 Å². The zero-order valence-corrected chi connectivity index (χ0v) is 38.9. The SMILES string of the molecule is CN1/C(=C/c2cc[n+](CCCCCC(=O)N[C@@H](Cc3ccccc3)C(=O)N[C@H](CCCN=C(N)N)C(=O)N[C@@H](Cc3ccccc3)C(=O)N[C@@H](CCCCN)C(=O)[O-])cc2)Sc2ccccc21. The van der Waals surface area contributed by atoms with Crippen molar-refractivity contribution in [3.05, 3.63) is 131 Å². The highest BCUT2D eigenvalue weighted by Crippen LogP contribution is 2.45. The molecule has 0 spiro atoms. The van der Waals surface area contributed by atoms with Crippen LogP contribution in [0.25, 0.3) is 6.08 Å². The molecule has 0 radical (unpaired) electrons. The van der Waals surface area contributed by atoms with E-state index >= 15 is 0 Å². The average molecular weight is 933 g/mol. The first kappa shape index (κ1) is 51.3. The van der Waals surface area contributed by atoms with Gasteiger partial charge in [-0.3, -0.25) is 24.2 Å². The van der Waals surface area contributed by atoms with Crippen molar-refractivity contribution in [2.75, 3.05) is 25.0 Å². The smallest absolute Gasteiger partial charge is 0.243 e. The Kier molecular flexibility index (Phi) is 20.7. The molecule has 0 unspecified atom stereocenters. The maximum atomic E-state index is 14.2. The van der Waals surface area contributed by atoms with Gasteiger partial charge in [0.15, 0.2) is 18.4 Å². The number of aromatic nitrogens is 1. The van der Waals surface area contributed by atoms with E-state index in [0.717, 1.165) is 35.5 Å². The molecule has 67 heavy (non-hydrogen) atoms. The van der Waals surface area contributed by atoms with Crippen molar-refractivity contribution in [2.24, 2.45) is 22.2 Å². The minimum atomic E-state index is -1.46. The van der Waals surface area contributed by atoms with Gasteiger partial charge in [-0.2, -0.15) is 0 Å². The highest BCUT2D eigenvalue weighted by atomic mass is 32.2. The lowest BCUT2D eigenvalue weighted by atomic mass is 10.0. The van der Waals surface area contributed by atoms with Crippen LogP contribution in [0.3, 0.4) is 0 Å². The van der Waals surface area contributed by atoms with Crippen LogP contribution in [0, 0.1) is 0 Å². The van der Waals surface area contributed by atoms with Crippen molar-refractivity contribution in [2.45, 2.75) is 106 Å². The third kappa shape index (κ3) is 17.2. The summed E-state index contributed by atoms with van der Waals surface area (Å²) in [7, 11) is 2.08. The normalized spacial score (nSPS) is 14.2. The number of para-hydroxylation sites is 1. The second-order valence-corrected chi connectivity index (χ2v) is 17.6. The molecule has 0 bridgehead atoms. The fourth-order valence-electron chi connectivity index (χ4n) is 7.58. The van der Waals surface area contributed by atoms with Gasteiger partial charge < -0.3 is 53.3 Å². The van der Waals surface area contributed by atoms with E-state index in [0.29, 0.717) is 31.4 Å². The molecular weight excluding hydrogens is 869 g/mol. The van der Waals surface area contributed by atoms with Gasteiger partial charge in [0.25, 0.3) is 0 Å². The lowest BCUT2D eigenvalue weighted by Gasteiger charge is -2.27. The van der Waals surface area contributed by atoms with Crippen LogP contribution in [-0.2, 0) is 43.4 Å². The topological polar surface area (TPSA) is 254 Å². The number of carbonyl (C=O) groups excluding carboxylic acids is 5. The number of nitrogens with one attached hydrogen (secondary N) is 4. The van der Waals surface area contributed by atoms with Crippen LogP contribution in [0.4, 0.5) is 5.69 Å². The zero-order chi connectivity index (χ0) is 48.0. The van der Waals surface area contributed by atoms with Crippen molar-refractivity contribution in [3.8, 4) is 0 Å². The molecule has 2 heterocycles. The number of benzene rings is 3. The van der Waals surface area contributed by atoms with E-state index in [1.54, 1.807) is 42.1 Å². The molecule has 0 fully saturated rings. The van der Waals surface area contributed by atoms with Gasteiger partial charge in [0, 0.05) is 56.3 Å². The fraction of sp³-hybridized carbons (Fsp3) is 0.380. The fourth-order valence-corrected chi connectivity index (χ4v) is 8.69. The molecular formula is C50H64N10O6S. The summed E-state index contributed by atoms with van der Waals surface area (Å²) in [5, 5.41) is 24.2. The Morgan fingerprint density at radius 2 is 1.25 bits per heavy atom. The number of aliphatic carboxylic acids is 1. The van der Waals surface area contributed by atoms with E-state index in [-0.39, 0.29) is 56.9 Å². The van der Waals surface area contributed by atoms with Crippen LogP contribution < -0.4 is 53.0 Å². The number of carboxylic acids is 1. The number of unbranched alkanes of at least 4 members (excludes halogenated alkanes) is 3. The molecule has 17 heteroatoms. The molecule has 1 aromatic heterocycles. The molecule has 4 amide bonds. The minimum absolute atomic E-state index is 0.0268. The molecule has 0 aliphatic carbocycles. The summed E-state index contributed by atoms with van der Waals surface area (Å²) in [4.78, 5) is 74.9. The summed E-state index contributed by atoms with van der Waals surface area (Å²) >= 11 is 1.75. The third-order valence-corrected chi connectivity index (χ3v) is 12.4. The molecule has 1 aliphatic rings. The maximum absolute atomic E-state index is 14.2. The second-order valence-electron chi connectivity index (χ2n) is 16.5. The highest BCUT2D eigenvalue weighted by molar-refractivity contribution is 8.03. The standard InChI is InChI=1S/C50H64N10O6S/c1-59-42-22-10-11-23-43(42)67-45(59)34-37-25-30-60(31-26-37)29-14-4-9-24-44(61)55-40(32-35-16-5-2-6-17-35)47(63)56-38(21-15-28-54-50(52)53)46(62)58-41(33-36-18-7-3-8-19-36)48(64)57-39(49(65)66)20-12-13-27-51/h2-3,5-8,10-11,16-19,22-23,25-26,30-31,34,38-41H,4,9,12-15,20-21,24,27-29,32-33,51H2,1H3,(H8-,52,53,54,55,56,57,58,61,62,63,64,65,66)/t38-,39+,40+,41+/m1/s1. The summed E-state index contributed by atoms with van der Waals surface area (Å²) in [5.74, 6) is -3.92. The first-order valence-electron chi connectivity index (χ1n) is 22.9. The largest absolute Gasteiger partial charge is 0.548 e. The molecule has 10 N–H and O–H groups in total. The van der Waals surface area contributed by atoms with Gasteiger partial charge in [0.2, 0.25) is 23.6 Å². The quantitative estimate of drug-likeness (QED) is 0.0198. The molecule has 3 aromatic carbocycles. The van der Waals surface area contributed by atoms with E-state index in [1.807, 2.05) is 36.4 Å². The predicted octanol–water partition coefficient (Wildman–Crippen LogP) is 2.43. The summed E-state index contributed by atoms with van der Waals surface area (Å²) in [6, 6.07) is 25.9. The number of anilines is 1. The Hall–Kier alpha value is -6.72. The lowest BCUT2D eigenvalue weighted by Crippen LogP contribution is -2.59. The first-order valence-corrected chi connectivity index (χ1v) is 23.7. The monoisotopic (exact) mass is 932 g/mol.